The molecule has 2 N–H and O–H groups in total. The van der Waals surface area contributed by atoms with Crippen LogP contribution in [0, 0.1) is 6.92 Å². The zero-order chi connectivity index (χ0) is 20.4. The molecule has 0 saturated carbocycles. The molecule has 0 aliphatic heterocycles. The summed E-state index contributed by atoms with van der Waals surface area (Å²) < 4.78 is 15.7. The minimum Gasteiger partial charge on any atom is -0.460 e. The second-order valence-electron chi connectivity index (χ2n) is 6.62. The van der Waals surface area contributed by atoms with Gasteiger partial charge in [0.15, 0.2) is 0 Å². The second-order valence-corrected chi connectivity index (χ2v) is 7.49. The number of ether oxygens (including phenoxy) is 2. The van der Waals surface area contributed by atoms with Crippen LogP contribution in [0.5, 0.6) is 11.5 Å². The van der Waals surface area contributed by atoms with Gasteiger partial charge in [0.2, 0.25) is 13.5 Å². The number of hydrogen-bond donors (Lipinski definition) is 1. The van der Waals surface area contributed by atoms with Crippen molar-refractivity contribution in [2.45, 2.75) is 20.4 Å². The number of rotatable bonds is 6. The predicted molar refractivity (Wildman–Crippen MR) is 115 cm³/mol. The fraction of sp³-hybridized carbons (Fsp3) is 0.136. The molecule has 0 unspecified atom stereocenters. The zero-order valence-electron chi connectivity index (χ0n) is 15.8. The monoisotopic (exact) mass is 428 g/mol. The van der Waals surface area contributed by atoms with E-state index in [0.29, 0.717) is 27.5 Å². The molecule has 0 aliphatic carbocycles. The number of halogens is 2. The first-order valence-corrected chi connectivity index (χ1v) is 9.82. The van der Waals surface area contributed by atoms with Crippen molar-refractivity contribution < 1.29 is 14.0 Å². The Morgan fingerprint density at radius 1 is 0.897 bits per heavy atom. The molecule has 5 nitrogen and oxygen atoms in total. The van der Waals surface area contributed by atoms with Crippen molar-refractivity contribution in [2.24, 2.45) is 0 Å². The maximum Gasteiger partial charge on any atom is 0.361 e. The standard InChI is InChI=1S/C22H19Cl2N3O2/c1-15-5-2-10-20-21(15)27(14-29-19-9-4-7-17(24)12-19)22(25)26(20)13-28-18-8-3-6-16(23)11-18/h2-12,25H,13-14H2,1H3/p+1. The molecule has 7 heteroatoms. The molecule has 0 aliphatic rings. The molecule has 3 aromatic carbocycles. The molecule has 0 bridgehead atoms. The fourth-order valence-corrected chi connectivity index (χ4v) is 3.61. The van der Waals surface area contributed by atoms with E-state index in [0.717, 1.165) is 16.6 Å². The molecule has 1 aromatic heterocycles. The number of anilines is 1. The average molecular weight is 429 g/mol. The van der Waals surface area contributed by atoms with Crippen molar-refractivity contribution in [1.29, 1.82) is 0 Å². The van der Waals surface area contributed by atoms with Gasteiger partial charge in [-0.05, 0) is 55.0 Å². The van der Waals surface area contributed by atoms with E-state index in [9.17, 15) is 0 Å². The normalized spacial score (nSPS) is 11.0. The van der Waals surface area contributed by atoms with Crippen molar-refractivity contribution in [3.63, 3.8) is 0 Å². The highest BCUT2D eigenvalue weighted by Gasteiger charge is 2.23. The van der Waals surface area contributed by atoms with Crippen molar-refractivity contribution in [3.05, 3.63) is 82.3 Å². The second kappa shape index (κ2) is 8.23. The predicted octanol–water partition coefficient (Wildman–Crippen LogP) is 5.20. The summed E-state index contributed by atoms with van der Waals surface area (Å²) in [6.45, 7) is 2.54. The first-order valence-electron chi connectivity index (χ1n) is 9.07. The summed E-state index contributed by atoms with van der Waals surface area (Å²) in [6.07, 6.45) is 0. The topological polar surface area (TPSA) is 53.3 Å². The minimum atomic E-state index is 0.246. The van der Waals surface area contributed by atoms with Gasteiger partial charge in [-0.3, -0.25) is 5.73 Å². The van der Waals surface area contributed by atoms with Gasteiger partial charge in [0.1, 0.15) is 22.5 Å². The summed E-state index contributed by atoms with van der Waals surface area (Å²) in [5.74, 6) is 1.88. The smallest absolute Gasteiger partial charge is 0.361 e. The quantitative estimate of drug-likeness (QED) is 0.429. The van der Waals surface area contributed by atoms with E-state index in [2.05, 4.69) is 0 Å². The summed E-state index contributed by atoms with van der Waals surface area (Å²) in [5, 5.41) is 1.24. The van der Waals surface area contributed by atoms with E-state index >= 15 is 0 Å². The maximum absolute atomic E-state index is 6.49. The molecular weight excluding hydrogens is 409 g/mol. The van der Waals surface area contributed by atoms with Crippen LogP contribution in [-0.4, -0.2) is 4.57 Å². The van der Waals surface area contributed by atoms with Gasteiger partial charge in [0, 0.05) is 10.0 Å². The number of hydrogen-bond acceptors (Lipinski definition) is 3. The third-order valence-corrected chi connectivity index (χ3v) is 5.11. The lowest BCUT2D eigenvalue weighted by atomic mass is 10.2. The summed E-state index contributed by atoms with van der Waals surface area (Å²) in [4.78, 5) is 0. The zero-order valence-corrected chi connectivity index (χ0v) is 17.3. The Balaban J connectivity index is 1.66. The van der Waals surface area contributed by atoms with Gasteiger partial charge in [-0.1, -0.05) is 47.5 Å². The molecule has 0 atom stereocenters. The Kier molecular flexibility index (Phi) is 5.51. The van der Waals surface area contributed by atoms with Gasteiger partial charge in [-0.2, -0.15) is 9.13 Å². The number of aryl methyl sites for hydroxylation is 1. The summed E-state index contributed by atoms with van der Waals surface area (Å²) in [5.41, 5.74) is 9.52. The van der Waals surface area contributed by atoms with Crippen LogP contribution in [0.4, 0.5) is 5.95 Å². The van der Waals surface area contributed by atoms with Crippen LogP contribution < -0.4 is 19.8 Å². The van der Waals surface area contributed by atoms with Crippen LogP contribution in [0.25, 0.3) is 11.0 Å². The molecule has 0 fully saturated rings. The third-order valence-electron chi connectivity index (χ3n) is 4.64. The van der Waals surface area contributed by atoms with Crippen LogP contribution in [0.1, 0.15) is 5.56 Å². The lowest BCUT2D eigenvalue weighted by Crippen LogP contribution is -2.39. The van der Waals surface area contributed by atoms with Crippen LogP contribution in [0.3, 0.4) is 0 Å². The van der Waals surface area contributed by atoms with E-state index in [1.807, 2.05) is 58.5 Å². The molecule has 148 valence electrons. The van der Waals surface area contributed by atoms with Crippen LogP contribution >= 0.6 is 23.2 Å². The van der Waals surface area contributed by atoms with Gasteiger partial charge in [0.05, 0.1) is 0 Å². The number of imidazole rings is 1. The highest BCUT2D eigenvalue weighted by atomic mass is 35.5. The van der Waals surface area contributed by atoms with Gasteiger partial charge < -0.3 is 9.47 Å². The highest BCUT2D eigenvalue weighted by Crippen LogP contribution is 2.23. The molecule has 1 heterocycles. The Hall–Kier alpha value is -2.89. The van der Waals surface area contributed by atoms with E-state index in [1.165, 1.54) is 0 Å². The van der Waals surface area contributed by atoms with Crippen LogP contribution in [0.15, 0.2) is 66.7 Å². The Bertz CT molecular complexity index is 1170. The summed E-state index contributed by atoms with van der Waals surface area (Å²) >= 11 is 12.1. The average Bonchev–Trinajstić information content (AvgIpc) is 2.97. The van der Waals surface area contributed by atoms with Gasteiger partial charge >= 0.3 is 5.95 Å². The van der Waals surface area contributed by atoms with Crippen molar-refractivity contribution in [3.8, 4) is 11.5 Å². The lowest BCUT2D eigenvalue weighted by molar-refractivity contribution is -0.687. The number of nitrogens with two attached hydrogens (primary N) is 1. The summed E-state index contributed by atoms with van der Waals surface area (Å²) in [7, 11) is 0. The Labute approximate surface area is 178 Å². The Morgan fingerprint density at radius 3 is 2.17 bits per heavy atom. The minimum absolute atomic E-state index is 0.246. The first kappa shape index (κ1) is 19.4. The molecule has 0 saturated heterocycles. The highest BCUT2D eigenvalue weighted by molar-refractivity contribution is 6.31. The van der Waals surface area contributed by atoms with E-state index in [1.54, 1.807) is 24.3 Å². The van der Waals surface area contributed by atoms with Crippen LogP contribution in [-0.2, 0) is 13.5 Å². The number of nitrogen functional groups attached to an aromatic ring is 1. The third kappa shape index (κ3) is 4.11. The van der Waals surface area contributed by atoms with Crippen molar-refractivity contribution in [1.82, 2.24) is 4.57 Å². The summed E-state index contributed by atoms with van der Waals surface area (Å²) in [6, 6.07) is 20.6. The Morgan fingerprint density at radius 2 is 1.52 bits per heavy atom. The molecule has 0 radical (unpaired) electrons. The van der Waals surface area contributed by atoms with Crippen molar-refractivity contribution >= 4 is 40.2 Å². The number of aromatic nitrogens is 2. The molecule has 4 aromatic rings. The molecule has 29 heavy (non-hydrogen) atoms. The molecular formula is C22H20Cl2N3O2+. The van der Waals surface area contributed by atoms with Crippen molar-refractivity contribution in [2.75, 3.05) is 5.73 Å². The number of fused-ring (bicyclic) bond motifs is 1. The molecule has 0 spiro atoms. The molecule has 0 amide bonds. The van der Waals surface area contributed by atoms with Gasteiger partial charge in [-0.15, -0.1) is 0 Å². The number of nitrogens with zero attached hydrogens (tertiary/aromatic N) is 2. The fourth-order valence-electron chi connectivity index (χ4n) is 3.25. The van der Waals surface area contributed by atoms with Gasteiger partial charge in [0.25, 0.3) is 0 Å². The first-order chi connectivity index (χ1) is 14.0. The number of para-hydroxylation sites is 1. The lowest BCUT2D eigenvalue weighted by Gasteiger charge is -2.07. The molecule has 4 rings (SSSR count). The maximum atomic E-state index is 6.49. The van der Waals surface area contributed by atoms with E-state index in [-0.39, 0.29) is 13.5 Å². The van der Waals surface area contributed by atoms with E-state index in [4.69, 9.17) is 38.4 Å². The SMILES string of the molecule is Cc1cccc2c1[n+](COc1cccc(Cl)c1)c(N)n2COc1cccc(Cl)c1. The largest absolute Gasteiger partial charge is 0.460 e. The van der Waals surface area contributed by atoms with Gasteiger partial charge in [-0.25, -0.2) is 0 Å². The van der Waals surface area contributed by atoms with E-state index < -0.39 is 0 Å². The van der Waals surface area contributed by atoms with Crippen LogP contribution in [0.2, 0.25) is 10.0 Å². The number of benzene rings is 3.